The molecule has 0 bridgehead atoms. The number of aryl methyl sites for hydroxylation is 1. The molecule has 0 fully saturated rings. The van der Waals surface area contributed by atoms with Gasteiger partial charge in [0.25, 0.3) is 0 Å². The van der Waals surface area contributed by atoms with Gasteiger partial charge >= 0.3 is 0 Å². The third-order valence-corrected chi connectivity index (χ3v) is 2.54. The number of hydrogen-bond acceptors (Lipinski definition) is 3. The highest BCUT2D eigenvalue weighted by molar-refractivity contribution is 5.27. The molecule has 0 aliphatic rings. The summed E-state index contributed by atoms with van der Waals surface area (Å²) in [7, 11) is 0. The van der Waals surface area contributed by atoms with Crippen molar-refractivity contribution < 1.29 is 5.11 Å². The Bertz CT molecular complexity index is 320. The van der Waals surface area contributed by atoms with Gasteiger partial charge < -0.3 is 5.11 Å². The topological polar surface area (TPSA) is 36.4 Å². The van der Waals surface area contributed by atoms with Gasteiger partial charge in [-0.3, -0.25) is 9.88 Å². The molecule has 0 spiro atoms. The number of aromatic nitrogens is 1. The quantitative estimate of drug-likeness (QED) is 0.804. The van der Waals surface area contributed by atoms with Crippen LogP contribution in [-0.4, -0.2) is 28.1 Å². The summed E-state index contributed by atoms with van der Waals surface area (Å²) < 4.78 is 0. The molecule has 0 unspecified atom stereocenters. The second-order valence-corrected chi connectivity index (χ2v) is 4.19. The Morgan fingerprint density at radius 3 is 2.38 bits per heavy atom. The minimum atomic E-state index is 0.308. The van der Waals surface area contributed by atoms with Crippen molar-refractivity contribution in [3.63, 3.8) is 0 Å². The Balaban J connectivity index is 2.71. The third kappa shape index (κ3) is 3.81. The molecule has 3 heteroatoms. The molecule has 0 aromatic carbocycles. The summed E-state index contributed by atoms with van der Waals surface area (Å²) in [5, 5.41) is 9.73. The van der Waals surface area contributed by atoms with Gasteiger partial charge in [0.15, 0.2) is 0 Å². The van der Waals surface area contributed by atoms with Crippen LogP contribution in [0.15, 0.2) is 12.1 Å². The molecule has 16 heavy (non-hydrogen) atoms. The van der Waals surface area contributed by atoms with Crippen LogP contribution in [0.2, 0.25) is 0 Å². The summed E-state index contributed by atoms with van der Waals surface area (Å²) in [6.45, 7) is 9.16. The van der Waals surface area contributed by atoms with Crippen molar-refractivity contribution in [2.45, 2.75) is 40.2 Å². The molecule has 1 rings (SSSR count). The first-order valence-corrected chi connectivity index (χ1v) is 6.05. The molecule has 0 saturated heterocycles. The van der Waals surface area contributed by atoms with Crippen molar-refractivity contribution >= 4 is 0 Å². The summed E-state index contributed by atoms with van der Waals surface area (Å²) in [6.07, 6.45) is 2.26. The van der Waals surface area contributed by atoms with E-state index in [4.69, 9.17) is 0 Å². The molecular formula is C13H22N2O. The highest BCUT2D eigenvalue weighted by atomic mass is 16.3. The van der Waals surface area contributed by atoms with E-state index in [1.807, 2.05) is 13.0 Å². The molecule has 1 N–H and O–H groups in total. The largest absolute Gasteiger partial charge is 0.506 e. The van der Waals surface area contributed by atoms with E-state index in [9.17, 15) is 5.11 Å². The maximum absolute atomic E-state index is 9.73. The fraction of sp³-hybridized carbons (Fsp3) is 0.615. The molecule has 1 aromatic heterocycles. The average Bonchev–Trinajstić information content (AvgIpc) is 2.24. The number of pyridine rings is 1. The fourth-order valence-corrected chi connectivity index (χ4v) is 1.83. The zero-order valence-electron chi connectivity index (χ0n) is 10.5. The van der Waals surface area contributed by atoms with Crippen LogP contribution in [0.4, 0.5) is 0 Å². The van der Waals surface area contributed by atoms with Crippen LogP contribution < -0.4 is 0 Å². The molecular weight excluding hydrogens is 200 g/mol. The summed E-state index contributed by atoms with van der Waals surface area (Å²) in [4.78, 5) is 6.72. The van der Waals surface area contributed by atoms with Crippen LogP contribution in [-0.2, 0) is 6.54 Å². The normalized spacial score (nSPS) is 11.0. The molecule has 0 saturated carbocycles. The second-order valence-electron chi connectivity index (χ2n) is 4.19. The van der Waals surface area contributed by atoms with E-state index in [0.717, 1.165) is 43.9 Å². The molecule has 0 amide bonds. The van der Waals surface area contributed by atoms with E-state index in [1.165, 1.54) is 0 Å². The van der Waals surface area contributed by atoms with Gasteiger partial charge in [-0.2, -0.15) is 0 Å². The monoisotopic (exact) mass is 222 g/mol. The summed E-state index contributed by atoms with van der Waals surface area (Å²) >= 11 is 0. The van der Waals surface area contributed by atoms with Crippen molar-refractivity contribution in [2.24, 2.45) is 0 Å². The Kier molecular flexibility index (Phi) is 5.26. The lowest BCUT2D eigenvalue weighted by atomic mass is 10.2. The Morgan fingerprint density at radius 1 is 1.19 bits per heavy atom. The van der Waals surface area contributed by atoms with Crippen molar-refractivity contribution in [3.05, 3.63) is 23.5 Å². The fourth-order valence-electron chi connectivity index (χ4n) is 1.83. The summed E-state index contributed by atoms with van der Waals surface area (Å²) in [5.41, 5.74) is 1.75. The van der Waals surface area contributed by atoms with Gasteiger partial charge in [0.2, 0.25) is 0 Å². The van der Waals surface area contributed by atoms with Gasteiger partial charge in [-0.05, 0) is 45.0 Å². The van der Waals surface area contributed by atoms with Crippen LogP contribution in [0.1, 0.15) is 38.1 Å². The van der Waals surface area contributed by atoms with Crippen LogP contribution in [0.3, 0.4) is 0 Å². The zero-order chi connectivity index (χ0) is 12.0. The molecule has 0 radical (unpaired) electrons. The summed E-state index contributed by atoms with van der Waals surface area (Å²) in [6, 6.07) is 3.57. The Labute approximate surface area is 98.1 Å². The first-order valence-electron chi connectivity index (χ1n) is 6.05. The molecule has 0 atom stereocenters. The van der Waals surface area contributed by atoms with Gasteiger partial charge in [-0.1, -0.05) is 13.8 Å². The number of nitrogens with zero attached hydrogens (tertiary/aromatic N) is 2. The molecule has 0 aliphatic heterocycles. The smallest absolute Gasteiger partial charge is 0.138 e. The molecule has 1 aromatic rings. The van der Waals surface area contributed by atoms with E-state index >= 15 is 0 Å². The van der Waals surface area contributed by atoms with E-state index in [2.05, 4.69) is 23.7 Å². The van der Waals surface area contributed by atoms with Crippen LogP contribution in [0.25, 0.3) is 0 Å². The van der Waals surface area contributed by atoms with Gasteiger partial charge in [0.1, 0.15) is 5.75 Å². The van der Waals surface area contributed by atoms with E-state index in [1.54, 1.807) is 6.07 Å². The lowest BCUT2D eigenvalue weighted by Gasteiger charge is -2.20. The van der Waals surface area contributed by atoms with Crippen LogP contribution in [0.5, 0.6) is 5.75 Å². The van der Waals surface area contributed by atoms with E-state index in [0.29, 0.717) is 5.75 Å². The van der Waals surface area contributed by atoms with Gasteiger partial charge in [-0.25, -0.2) is 0 Å². The van der Waals surface area contributed by atoms with Crippen molar-refractivity contribution in [3.8, 4) is 5.75 Å². The highest BCUT2D eigenvalue weighted by Crippen LogP contribution is 2.16. The van der Waals surface area contributed by atoms with E-state index < -0.39 is 0 Å². The van der Waals surface area contributed by atoms with Gasteiger partial charge in [0.05, 0.1) is 5.69 Å². The predicted molar refractivity (Wildman–Crippen MR) is 66.5 cm³/mol. The average molecular weight is 222 g/mol. The Hall–Kier alpha value is -1.09. The van der Waals surface area contributed by atoms with Crippen molar-refractivity contribution in [2.75, 3.05) is 13.1 Å². The minimum absolute atomic E-state index is 0.308. The Morgan fingerprint density at radius 2 is 1.81 bits per heavy atom. The molecule has 3 nitrogen and oxygen atoms in total. The first-order chi connectivity index (χ1) is 7.67. The van der Waals surface area contributed by atoms with E-state index in [-0.39, 0.29) is 0 Å². The number of hydrogen-bond donors (Lipinski definition) is 1. The maximum atomic E-state index is 9.73. The SMILES string of the molecule is CCCN(CCC)Cc1nc(C)ccc1O. The standard InChI is InChI=1S/C13H22N2O/c1-4-8-15(9-5-2)10-12-13(16)7-6-11(3)14-12/h6-7,16H,4-5,8-10H2,1-3H3. The third-order valence-electron chi connectivity index (χ3n) is 2.54. The van der Waals surface area contributed by atoms with Crippen molar-refractivity contribution in [1.29, 1.82) is 0 Å². The predicted octanol–water partition coefficient (Wildman–Crippen LogP) is 2.72. The lowest BCUT2D eigenvalue weighted by molar-refractivity contribution is 0.259. The number of rotatable bonds is 6. The minimum Gasteiger partial charge on any atom is -0.506 e. The van der Waals surface area contributed by atoms with Gasteiger partial charge in [0, 0.05) is 12.2 Å². The lowest BCUT2D eigenvalue weighted by Crippen LogP contribution is -2.25. The molecule has 1 heterocycles. The second kappa shape index (κ2) is 6.48. The van der Waals surface area contributed by atoms with Gasteiger partial charge in [-0.15, -0.1) is 0 Å². The molecule has 0 aliphatic carbocycles. The van der Waals surface area contributed by atoms with Crippen LogP contribution >= 0.6 is 0 Å². The van der Waals surface area contributed by atoms with Crippen molar-refractivity contribution in [1.82, 2.24) is 9.88 Å². The maximum Gasteiger partial charge on any atom is 0.138 e. The summed E-state index contributed by atoms with van der Waals surface area (Å²) in [5.74, 6) is 0.308. The zero-order valence-corrected chi connectivity index (χ0v) is 10.5. The van der Waals surface area contributed by atoms with Crippen LogP contribution in [0, 0.1) is 6.92 Å². The molecule has 90 valence electrons. The first kappa shape index (κ1) is 13.0. The number of aromatic hydroxyl groups is 1. The highest BCUT2D eigenvalue weighted by Gasteiger charge is 2.09.